The summed E-state index contributed by atoms with van der Waals surface area (Å²) in [5, 5.41) is 3.26. The maximum atomic E-state index is 12.7. The predicted molar refractivity (Wildman–Crippen MR) is 118 cm³/mol. The summed E-state index contributed by atoms with van der Waals surface area (Å²) in [6.45, 7) is 3.61. The highest BCUT2D eigenvalue weighted by molar-refractivity contribution is 5.97. The summed E-state index contributed by atoms with van der Waals surface area (Å²) >= 11 is 0. The van der Waals surface area contributed by atoms with E-state index in [1.807, 2.05) is 45.3 Å². The molecule has 1 amide bonds. The number of benzene rings is 2. The number of fused-ring (bicyclic) bond motifs is 1. The topological polar surface area (TPSA) is 74.4 Å². The third-order valence-electron chi connectivity index (χ3n) is 4.38. The molecular formula is C22H26ClN3O3. The molecule has 3 rings (SSSR count). The molecule has 0 spiro atoms. The molecule has 0 saturated carbocycles. The number of carbonyl (C=O) groups excluding carboxylic acids is 1. The number of hydrogen-bond donors (Lipinski definition) is 2. The van der Waals surface area contributed by atoms with E-state index in [9.17, 15) is 9.59 Å². The summed E-state index contributed by atoms with van der Waals surface area (Å²) in [5.74, 6) is 0.207. The Kier molecular flexibility index (Phi) is 7.82. The first-order valence-electron chi connectivity index (χ1n) is 9.27. The van der Waals surface area contributed by atoms with Crippen LogP contribution in [-0.4, -0.2) is 36.5 Å². The molecule has 6 nitrogen and oxygen atoms in total. The van der Waals surface area contributed by atoms with Gasteiger partial charge in [0.1, 0.15) is 11.3 Å². The van der Waals surface area contributed by atoms with E-state index in [0.717, 1.165) is 12.1 Å². The first-order chi connectivity index (χ1) is 13.5. The zero-order chi connectivity index (χ0) is 20.1. The van der Waals surface area contributed by atoms with E-state index in [4.69, 9.17) is 4.74 Å². The Morgan fingerprint density at radius 2 is 1.79 bits per heavy atom. The van der Waals surface area contributed by atoms with Crippen molar-refractivity contribution >= 4 is 29.2 Å². The van der Waals surface area contributed by atoms with Crippen LogP contribution in [0.4, 0.5) is 0 Å². The van der Waals surface area contributed by atoms with Gasteiger partial charge < -0.3 is 19.9 Å². The molecule has 0 saturated heterocycles. The van der Waals surface area contributed by atoms with Crippen molar-refractivity contribution in [2.75, 3.05) is 20.7 Å². The molecular weight excluding hydrogens is 390 g/mol. The molecule has 0 radical (unpaired) electrons. The van der Waals surface area contributed by atoms with Gasteiger partial charge in [-0.15, -0.1) is 12.4 Å². The Bertz CT molecular complexity index is 1030. The summed E-state index contributed by atoms with van der Waals surface area (Å²) < 4.78 is 5.45. The number of nitrogens with one attached hydrogen (secondary N) is 2. The predicted octanol–water partition coefficient (Wildman–Crippen LogP) is 3.34. The maximum Gasteiger partial charge on any atom is 0.257 e. The van der Waals surface area contributed by atoms with Crippen molar-refractivity contribution in [2.45, 2.75) is 20.0 Å². The number of pyridine rings is 1. The third kappa shape index (κ3) is 5.59. The lowest BCUT2D eigenvalue weighted by molar-refractivity contribution is 0.0949. The van der Waals surface area contributed by atoms with Crippen LogP contribution in [0.1, 0.15) is 28.4 Å². The van der Waals surface area contributed by atoms with Crippen LogP contribution in [0, 0.1) is 0 Å². The molecule has 2 aromatic carbocycles. The number of rotatable bonds is 7. The lowest BCUT2D eigenvalue weighted by Gasteiger charge is -2.10. The van der Waals surface area contributed by atoms with Gasteiger partial charge in [-0.05, 0) is 50.3 Å². The second-order valence-corrected chi connectivity index (χ2v) is 6.91. The van der Waals surface area contributed by atoms with Crippen molar-refractivity contribution in [2.24, 2.45) is 0 Å². The fourth-order valence-corrected chi connectivity index (χ4v) is 3.03. The van der Waals surface area contributed by atoms with Crippen LogP contribution in [0.2, 0.25) is 0 Å². The van der Waals surface area contributed by atoms with Crippen LogP contribution < -0.4 is 15.5 Å². The van der Waals surface area contributed by atoms with Crippen molar-refractivity contribution < 1.29 is 9.53 Å². The third-order valence-corrected chi connectivity index (χ3v) is 4.38. The second-order valence-electron chi connectivity index (χ2n) is 6.91. The van der Waals surface area contributed by atoms with E-state index < -0.39 is 5.91 Å². The lowest BCUT2D eigenvalue weighted by atomic mass is 10.1. The standard InChI is InChI=1S/C22H25N3O3.ClH/c1-4-28-17-9-10-20-18(11-17)21(26)19(13-23-20)22(27)24-12-15-5-7-16(8-6-15)14-25(2)3;/h5-11,13H,4,12,14H2,1-3H3,(H,23,26)(H,24,27);1H. The summed E-state index contributed by atoms with van der Waals surface area (Å²) in [5.41, 5.74) is 2.63. The maximum absolute atomic E-state index is 12.7. The van der Waals surface area contributed by atoms with Crippen LogP contribution in [0.25, 0.3) is 10.9 Å². The average molecular weight is 416 g/mol. The number of aromatic amines is 1. The van der Waals surface area contributed by atoms with Crippen LogP contribution in [0.5, 0.6) is 5.75 Å². The summed E-state index contributed by atoms with van der Waals surface area (Å²) in [4.78, 5) is 30.4. The molecule has 0 aliphatic heterocycles. The first kappa shape index (κ1) is 22.5. The zero-order valence-electron chi connectivity index (χ0n) is 16.8. The van der Waals surface area contributed by atoms with Gasteiger partial charge in [-0.3, -0.25) is 9.59 Å². The smallest absolute Gasteiger partial charge is 0.257 e. The molecule has 0 unspecified atom stereocenters. The first-order valence-corrected chi connectivity index (χ1v) is 9.27. The minimum absolute atomic E-state index is 0. The highest BCUT2D eigenvalue weighted by Crippen LogP contribution is 2.17. The van der Waals surface area contributed by atoms with Crippen molar-refractivity contribution in [1.29, 1.82) is 0 Å². The Balaban J connectivity index is 0.00000300. The molecule has 154 valence electrons. The van der Waals surface area contributed by atoms with E-state index in [0.29, 0.717) is 29.8 Å². The molecule has 1 heterocycles. The van der Waals surface area contributed by atoms with Crippen molar-refractivity contribution in [3.8, 4) is 5.75 Å². The number of halogens is 1. The molecule has 2 N–H and O–H groups in total. The van der Waals surface area contributed by atoms with Crippen LogP contribution in [0.3, 0.4) is 0 Å². The van der Waals surface area contributed by atoms with Crippen LogP contribution in [0.15, 0.2) is 53.5 Å². The van der Waals surface area contributed by atoms with Gasteiger partial charge in [0.15, 0.2) is 0 Å². The van der Waals surface area contributed by atoms with Gasteiger partial charge in [0.05, 0.1) is 6.61 Å². The van der Waals surface area contributed by atoms with Gasteiger partial charge in [-0.25, -0.2) is 0 Å². The number of hydrogen-bond acceptors (Lipinski definition) is 4. The molecule has 0 atom stereocenters. The molecule has 0 aliphatic carbocycles. The number of aromatic nitrogens is 1. The minimum Gasteiger partial charge on any atom is -0.494 e. The number of H-pyrrole nitrogens is 1. The Hall–Kier alpha value is -2.83. The Labute approximate surface area is 176 Å². The fourth-order valence-electron chi connectivity index (χ4n) is 3.03. The number of amides is 1. The normalized spacial score (nSPS) is 10.6. The van der Waals surface area contributed by atoms with Gasteiger partial charge >= 0.3 is 0 Å². The number of carbonyl (C=O) groups is 1. The molecule has 0 aliphatic rings. The van der Waals surface area contributed by atoms with Crippen LogP contribution in [-0.2, 0) is 13.1 Å². The molecule has 1 aromatic heterocycles. The highest BCUT2D eigenvalue weighted by Gasteiger charge is 2.13. The van der Waals surface area contributed by atoms with Crippen molar-refractivity contribution in [3.63, 3.8) is 0 Å². The molecule has 29 heavy (non-hydrogen) atoms. The molecule has 3 aromatic rings. The van der Waals surface area contributed by atoms with Gasteiger partial charge in [0.25, 0.3) is 5.91 Å². The summed E-state index contributed by atoms with van der Waals surface area (Å²) in [6.07, 6.45) is 1.46. The molecule has 0 fully saturated rings. The summed E-state index contributed by atoms with van der Waals surface area (Å²) in [7, 11) is 4.04. The lowest BCUT2D eigenvalue weighted by Crippen LogP contribution is -2.28. The van der Waals surface area contributed by atoms with Gasteiger partial charge in [0, 0.05) is 30.2 Å². The van der Waals surface area contributed by atoms with Crippen molar-refractivity contribution in [1.82, 2.24) is 15.2 Å². The Morgan fingerprint density at radius 1 is 1.10 bits per heavy atom. The van der Waals surface area contributed by atoms with Gasteiger partial charge in [0.2, 0.25) is 5.43 Å². The van der Waals surface area contributed by atoms with Gasteiger partial charge in [-0.2, -0.15) is 0 Å². The zero-order valence-corrected chi connectivity index (χ0v) is 17.6. The SMILES string of the molecule is CCOc1ccc2[nH]cc(C(=O)NCc3ccc(CN(C)C)cc3)c(=O)c2c1.Cl. The summed E-state index contributed by atoms with van der Waals surface area (Å²) in [6, 6.07) is 13.3. The van der Waals surface area contributed by atoms with Gasteiger partial charge in [-0.1, -0.05) is 24.3 Å². The Morgan fingerprint density at radius 3 is 2.45 bits per heavy atom. The largest absolute Gasteiger partial charge is 0.494 e. The van der Waals surface area contributed by atoms with E-state index in [1.165, 1.54) is 11.8 Å². The monoisotopic (exact) mass is 415 g/mol. The van der Waals surface area contributed by atoms with Crippen molar-refractivity contribution in [3.05, 3.63) is 75.6 Å². The van der Waals surface area contributed by atoms with E-state index in [-0.39, 0.29) is 23.4 Å². The molecule has 7 heteroatoms. The average Bonchev–Trinajstić information content (AvgIpc) is 2.68. The minimum atomic E-state index is -0.401. The number of ether oxygens (including phenoxy) is 1. The van der Waals surface area contributed by atoms with E-state index in [2.05, 4.69) is 15.2 Å². The number of nitrogens with zero attached hydrogens (tertiary/aromatic N) is 1. The highest BCUT2D eigenvalue weighted by atomic mass is 35.5. The van der Waals surface area contributed by atoms with E-state index in [1.54, 1.807) is 18.2 Å². The quantitative estimate of drug-likeness (QED) is 0.620. The second kappa shape index (κ2) is 10.1. The molecule has 0 bridgehead atoms. The van der Waals surface area contributed by atoms with Crippen LogP contribution >= 0.6 is 12.4 Å². The van der Waals surface area contributed by atoms with E-state index >= 15 is 0 Å². The fraction of sp³-hybridized carbons (Fsp3) is 0.273.